The number of aliphatic hydroxyl groups is 1. The second-order valence-electron chi connectivity index (χ2n) is 6.57. The van der Waals surface area contributed by atoms with Gasteiger partial charge in [0.15, 0.2) is 6.61 Å². The van der Waals surface area contributed by atoms with Gasteiger partial charge in [0.05, 0.1) is 19.8 Å². The van der Waals surface area contributed by atoms with Gasteiger partial charge in [0.2, 0.25) is 0 Å². The Morgan fingerprint density at radius 3 is 2.76 bits per heavy atom. The molecule has 10 heteroatoms. The average molecular weight is 405 g/mol. The van der Waals surface area contributed by atoms with Crippen molar-refractivity contribution in [2.45, 2.75) is 13.0 Å². The number of amides is 2. The van der Waals surface area contributed by atoms with E-state index in [2.05, 4.69) is 10.7 Å². The number of rotatable bonds is 7. The molecule has 1 fully saturated rings. The van der Waals surface area contributed by atoms with Gasteiger partial charge in [-0.25, -0.2) is 9.80 Å². The summed E-state index contributed by atoms with van der Waals surface area (Å²) in [5, 5.41) is 14.3. The first kappa shape index (κ1) is 20.8. The molecule has 0 aliphatic carbocycles. The molecule has 2 aromatic rings. The molecule has 1 atom stereocenters. The van der Waals surface area contributed by atoms with Crippen molar-refractivity contribution < 1.29 is 28.6 Å². The summed E-state index contributed by atoms with van der Waals surface area (Å²) < 4.78 is 15.8. The number of fused-ring (bicyclic) bond motifs is 1. The van der Waals surface area contributed by atoms with Crippen molar-refractivity contribution in [1.82, 2.24) is 15.8 Å². The zero-order valence-electron chi connectivity index (χ0n) is 16.0. The maximum atomic E-state index is 12.2. The van der Waals surface area contributed by atoms with Gasteiger partial charge in [-0.2, -0.15) is 0 Å². The number of aryl methyl sites for hydroxylation is 1. The topological polar surface area (TPSA) is 130 Å². The summed E-state index contributed by atoms with van der Waals surface area (Å²) in [7, 11) is 0. The number of ether oxygens (including phenoxy) is 2. The molecule has 0 unspecified atom stereocenters. The van der Waals surface area contributed by atoms with Crippen LogP contribution in [0.5, 0.6) is 5.75 Å². The number of carbonyl (C=O) groups is 2. The van der Waals surface area contributed by atoms with Gasteiger partial charge in [0.25, 0.3) is 11.8 Å². The van der Waals surface area contributed by atoms with E-state index in [4.69, 9.17) is 13.9 Å². The van der Waals surface area contributed by atoms with E-state index < -0.39 is 30.1 Å². The Kier molecular flexibility index (Phi) is 6.81. The van der Waals surface area contributed by atoms with Gasteiger partial charge in [-0.1, -0.05) is 0 Å². The van der Waals surface area contributed by atoms with Gasteiger partial charge in [0.1, 0.15) is 17.4 Å². The molecule has 0 bridgehead atoms. The van der Waals surface area contributed by atoms with E-state index in [0.717, 1.165) is 10.9 Å². The van der Waals surface area contributed by atoms with Gasteiger partial charge in [-0.15, -0.1) is 0 Å². The fourth-order valence-corrected chi connectivity index (χ4v) is 2.88. The van der Waals surface area contributed by atoms with Crippen LogP contribution in [0, 0.1) is 6.92 Å². The number of nitrogens with one attached hydrogen (secondary N) is 2. The Bertz CT molecular complexity index is 937. The maximum absolute atomic E-state index is 12.2. The molecule has 10 nitrogen and oxygen atoms in total. The molecule has 1 aromatic carbocycles. The molecule has 2 amide bonds. The van der Waals surface area contributed by atoms with Crippen molar-refractivity contribution in [3.8, 4) is 5.75 Å². The van der Waals surface area contributed by atoms with Gasteiger partial charge in [-0.05, 0) is 24.6 Å². The Morgan fingerprint density at radius 1 is 1.28 bits per heavy atom. The Hall–Kier alpha value is -2.95. The molecule has 3 N–H and O–H groups in total. The molecule has 3 rings (SSSR count). The molecule has 156 valence electrons. The van der Waals surface area contributed by atoms with Crippen LogP contribution in [0.1, 0.15) is 5.56 Å². The van der Waals surface area contributed by atoms with Crippen molar-refractivity contribution in [3.05, 3.63) is 40.2 Å². The third-order valence-corrected chi connectivity index (χ3v) is 4.41. The minimum atomic E-state index is -1.11. The third kappa shape index (κ3) is 5.53. The smallest absolute Gasteiger partial charge is 0.336 e. The van der Waals surface area contributed by atoms with Crippen LogP contribution in [-0.2, 0) is 14.3 Å². The first-order valence-corrected chi connectivity index (χ1v) is 9.17. The molecule has 1 aliphatic rings. The third-order valence-electron chi connectivity index (χ3n) is 4.41. The van der Waals surface area contributed by atoms with E-state index >= 15 is 0 Å². The highest BCUT2D eigenvalue weighted by molar-refractivity contribution is 5.88. The zero-order valence-corrected chi connectivity index (χ0v) is 16.0. The lowest BCUT2D eigenvalue weighted by molar-refractivity contribution is -0.135. The molecule has 0 saturated carbocycles. The summed E-state index contributed by atoms with van der Waals surface area (Å²) in [6, 6.07) is 5.19. The Labute approximate surface area is 166 Å². The summed E-state index contributed by atoms with van der Waals surface area (Å²) in [5.74, 6) is -0.766. The zero-order chi connectivity index (χ0) is 20.8. The van der Waals surface area contributed by atoms with Gasteiger partial charge < -0.3 is 24.3 Å². The van der Waals surface area contributed by atoms with Gasteiger partial charge >= 0.3 is 5.63 Å². The summed E-state index contributed by atoms with van der Waals surface area (Å²) in [6.45, 7) is 2.91. The van der Waals surface area contributed by atoms with Crippen LogP contribution in [0.3, 0.4) is 0 Å². The van der Waals surface area contributed by atoms with Crippen LogP contribution in [-0.4, -0.2) is 67.5 Å². The minimum absolute atomic E-state index is 0.333. The average Bonchev–Trinajstić information content (AvgIpc) is 2.70. The number of nitrogens with zero attached hydrogens (tertiary/aromatic N) is 1. The Morgan fingerprint density at radius 2 is 2.03 bits per heavy atom. The second-order valence-corrected chi connectivity index (χ2v) is 6.57. The summed E-state index contributed by atoms with van der Waals surface area (Å²) in [6.07, 6.45) is 0. The van der Waals surface area contributed by atoms with E-state index in [-0.39, 0.29) is 6.61 Å². The quantitative estimate of drug-likeness (QED) is 0.517. The number of hydrogen-bond acceptors (Lipinski definition) is 8. The fourth-order valence-electron chi connectivity index (χ4n) is 2.88. The van der Waals surface area contributed by atoms with E-state index in [0.29, 0.717) is 37.6 Å². The van der Waals surface area contributed by atoms with Crippen molar-refractivity contribution >= 4 is 22.8 Å². The Balaban J connectivity index is 1.54. The molecule has 2 heterocycles. The van der Waals surface area contributed by atoms with Crippen molar-refractivity contribution in [1.29, 1.82) is 0 Å². The fraction of sp³-hybridized carbons (Fsp3) is 0.421. The summed E-state index contributed by atoms with van der Waals surface area (Å²) in [5.41, 5.74) is 3.29. The SMILES string of the molecule is Cc1cc(=O)oc2cc(OCC(=O)N[C@@H](CO)C(=O)NN3CCOCC3)ccc12. The first-order valence-electron chi connectivity index (χ1n) is 9.17. The predicted octanol–water partition coefficient (Wildman–Crippen LogP) is -0.679. The standard InChI is InChI=1S/C19H23N3O7/c1-12-8-18(25)29-16-9-13(2-3-14(12)16)28-11-17(24)20-15(10-23)19(26)21-22-4-6-27-7-5-22/h2-3,8-9,15,23H,4-7,10-11H2,1H3,(H,20,24)(H,21,26)/t15-/m0/s1. The van der Waals surface area contributed by atoms with E-state index in [1.807, 2.05) is 0 Å². The van der Waals surface area contributed by atoms with Gasteiger partial charge in [-0.3, -0.25) is 15.0 Å². The number of hydrazine groups is 1. The number of carbonyl (C=O) groups excluding carboxylic acids is 2. The molecule has 1 saturated heterocycles. The largest absolute Gasteiger partial charge is 0.484 e. The molecule has 29 heavy (non-hydrogen) atoms. The lowest BCUT2D eigenvalue weighted by Crippen LogP contribution is -2.56. The summed E-state index contributed by atoms with van der Waals surface area (Å²) in [4.78, 5) is 35.8. The van der Waals surface area contributed by atoms with Gasteiger partial charge in [0, 0.05) is 30.6 Å². The monoisotopic (exact) mass is 405 g/mol. The first-order chi connectivity index (χ1) is 14.0. The van der Waals surface area contributed by atoms with Crippen LogP contribution >= 0.6 is 0 Å². The van der Waals surface area contributed by atoms with Crippen molar-refractivity contribution in [3.63, 3.8) is 0 Å². The number of benzene rings is 1. The van der Waals surface area contributed by atoms with E-state index in [1.54, 1.807) is 24.1 Å². The van der Waals surface area contributed by atoms with Crippen molar-refractivity contribution in [2.75, 3.05) is 39.5 Å². The highest BCUT2D eigenvalue weighted by atomic mass is 16.5. The minimum Gasteiger partial charge on any atom is -0.484 e. The van der Waals surface area contributed by atoms with Crippen LogP contribution < -0.4 is 21.1 Å². The summed E-state index contributed by atoms with van der Waals surface area (Å²) >= 11 is 0. The van der Waals surface area contributed by atoms with Crippen LogP contribution in [0.2, 0.25) is 0 Å². The lowest BCUT2D eigenvalue weighted by atomic mass is 10.1. The van der Waals surface area contributed by atoms with E-state index in [1.165, 1.54) is 12.1 Å². The molecular formula is C19H23N3O7. The van der Waals surface area contributed by atoms with Crippen molar-refractivity contribution in [2.24, 2.45) is 0 Å². The van der Waals surface area contributed by atoms with Crippen LogP contribution in [0.15, 0.2) is 33.5 Å². The molecule has 1 aliphatic heterocycles. The predicted molar refractivity (Wildman–Crippen MR) is 102 cm³/mol. The number of aliphatic hydroxyl groups excluding tert-OH is 1. The molecule has 0 radical (unpaired) electrons. The number of hydrogen-bond donors (Lipinski definition) is 3. The molecular weight excluding hydrogens is 382 g/mol. The molecule has 0 spiro atoms. The highest BCUT2D eigenvalue weighted by Gasteiger charge is 2.23. The highest BCUT2D eigenvalue weighted by Crippen LogP contribution is 2.22. The normalized spacial score (nSPS) is 15.7. The van der Waals surface area contributed by atoms with Crippen LogP contribution in [0.25, 0.3) is 11.0 Å². The van der Waals surface area contributed by atoms with E-state index in [9.17, 15) is 19.5 Å². The molecule has 1 aromatic heterocycles. The maximum Gasteiger partial charge on any atom is 0.336 e. The lowest BCUT2D eigenvalue weighted by Gasteiger charge is -2.28. The second kappa shape index (κ2) is 9.50. The number of morpholine rings is 1. The van der Waals surface area contributed by atoms with Crippen LogP contribution in [0.4, 0.5) is 0 Å².